The van der Waals surface area contributed by atoms with E-state index in [9.17, 15) is 13.2 Å². The summed E-state index contributed by atoms with van der Waals surface area (Å²) in [5.74, 6) is 0. The normalized spacial score (nSPS) is 15.5. The monoisotopic (exact) mass is 340 g/mol. The number of hydrogen-bond donors (Lipinski definition) is 1. The number of rotatable bonds is 2. The van der Waals surface area contributed by atoms with Gasteiger partial charge in [0.05, 0.1) is 5.56 Å². The summed E-state index contributed by atoms with van der Waals surface area (Å²) in [6, 6.07) is 9.33. The first-order chi connectivity index (χ1) is 10.8. The summed E-state index contributed by atoms with van der Waals surface area (Å²) < 4.78 is 38.5. The fourth-order valence-electron chi connectivity index (χ4n) is 2.86. The van der Waals surface area contributed by atoms with Crippen LogP contribution in [-0.4, -0.2) is 11.4 Å². The van der Waals surface area contributed by atoms with Crippen LogP contribution < -0.4 is 5.73 Å². The van der Waals surface area contributed by atoms with Crippen molar-refractivity contribution in [1.82, 2.24) is 4.90 Å². The average Bonchev–Trinajstić information content (AvgIpc) is 2.48. The summed E-state index contributed by atoms with van der Waals surface area (Å²) in [6.07, 6.45) is -3.57. The van der Waals surface area contributed by atoms with E-state index in [-0.39, 0.29) is 0 Å². The first-order valence-electron chi connectivity index (χ1n) is 7.28. The van der Waals surface area contributed by atoms with Crippen LogP contribution in [0.5, 0.6) is 0 Å². The summed E-state index contributed by atoms with van der Waals surface area (Å²) in [4.78, 5) is 2.10. The Morgan fingerprint density at radius 3 is 2.57 bits per heavy atom. The topological polar surface area (TPSA) is 29.3 Å². The van der Waals surface area contributed by atoms with Crippen molar-refractivity contribution >= 4 is 17.3 Å². The molecule has 6 heteroatoms. The maximum absolute atomic E-state index is 12.8. The average molecular weight is 341 g/mol. The predicted octanol–water partition coefficient (Wildman–Crippen LogP) is 4.50. The lowest BCUT2D eigenvalue weighted by Gasteiger charge is -2.29. The standard InChI is InChI=1S/C17H16ClF3N2/c18-16-8-15(22)4-2-12(16)9-23-6-5-11-1-3-14(17(19,20)21)7-13(11)10-23/h1-4,7-8H,5-6,9-10,22H2. The van der Waals surface area contributed by atoms with Crippen molar-refractivity contribution < 1.29 is 13.2 Å². The van der Waals surface area contributed by atoms with E-state index in [0.29, 0.717) is 23.8 Å². The Balaban J connectivity index is 1.79. The van der Waals surface area contributed by atoms with Gasteiger partial charge in [-0.05, 0) is 47.4 Å². The van der Waals surface area contributed by atoms with Crippen molar-refractivity contribution in [2.75, 3.05) is 12.3 Å². The molecule has 0 fully saturated rings. The molecule has 0 aromatic heterocycles. The lowest BCUT2D eigenvalue weighted by Crippen LogP contribution is -2.30. The molecule has 2 aromatic carbocycles. The minimum Gasteiger partial charge on any atom is -0.399 e. The third-order valence-corrected chi connectivity index (χ3v) is 4.45. The molecule has 0 radical (unpaired) electrons. The molecule has 1 aliphatic heterocycles. The minimum absolute atomic E-state index is 0.486. The number of benzene rings is 2. The van der Waals surface area contributed by atoms with Gasteiger partial charge in [0.25, 0.3) is 0 Å². The molecule has 0 unspecified atom stereocenters. The highest BCUT2D eigenvalue weighted by Crippen LogP contribution is 2.32. The van der Waals surface area contributed by atoms with Crippen molar-refractivity contribution in [2.45, 2.75) is 25.7 Å². The number of nitrogen functional groups attached to an aromatic ring is 1. The molecule has 1 heterocycles. The summed E-state index contributed by atoms with van der Waals surface area (Å²) in [5.41, 5.74) is 8.32. The molecule has 3 rings (SSSR count). The molecule has 2 aromatic rings. The van der Waals surface area contributed by atoms with Gasteiger partial charge in [0.15, 0.2) is 0 Å². The fourth-order valence-corrected chi connectivity index (χ4v) is 3.11. The van der Waals surface area contributed by atoms with E-state index in [1.165, 1.54) is 6.07 Å². The van der Waals surface area contributed by atoms with Crippen LogP contribution in [0.25, 0.3) is 0 Å². The molecule has 0 spiro atoms. The molecule has 0 saturated carbocycles. The Labute approximate surface area is 137 Å². The molecular weight excluding hydrogens is 325 g/mol. The smallest absolute Gasteiger partial charge is 0.399 e. The first-order valence-corrected chi connectivity index (χ1v) is 7.66. The molecule has 0 atom stereocenters. The summed E-state index contributed by atoms with van der Waals surface area (Å²) in [7, 11) is 0. The Bertz CT molecular complexity index is 728. The van der Waals surface area contributed by atoms with Gasteiger partial charge in [0, 0.05) is 30.3 Å². The zero-order valence-electron chi connectivity index (χ0n) is 12.3. The maximum atomic E-state index is 12.8. The van der Waals surface area contributed by atoms with Crippen LogP contribution in [0.2, 0.25) is 5.02 Å². The maximum Gasteiger partial charge on any atom is 0.416 e. The number of hydrogen-bond acceptors (Lipinski definition) is 2. The van der Waals surface area contributed by atoms with E-state index >= 15 is 0 Å². The highest BCUT2D eigenvalue weighted by molar-refractivity contribution is 6.31. The van der Waals surface area contributed by atoms with Crippen molar-refractivity contribution in [3.63, 3.8) is 0 Å². The van der Waals surface area contributed by atoms with E-state index in [0.717, 1.165) is 35.7 Å². The third-order valence-electron chi connectivity index (χ3n) is 4.10. The third kappa shape index (κ3) is 3.62. The molecule has 0 aliphatic carbocycles. The van der Waals surface area contributed by atoms with E-state index in [4.69, 9.17) is 17.3 Å². The van der Waals surface area contributed by atoms with Gasteiger partial charge in [-0.15, -0.1) is 0 Å². The summed E-state index contributed by atoms with van der Waals surface area (Å²) >= 11 is 6.18. The second-order valence-corrected chi connectivity index (χ2v) is 6.20. The van der Waals surface area contributed by atoms with Gasteiger partial charge in [-0.3, -0.25) is 4.90 Å². The largest absolute Gasteiger partial charge is 0.416 e. The van der Waals surface area contributed by atoms with Crippen molar-refractivity contribution in [3.05, 3.63) is 63.7 Å². The summed E-state index contributed by atoms with van der Waals surface area (Å²) in [5, 5.41) is 0.583. The van der Waals surface area contributed by atoms with Crippen LogP contribution >= 0.6 is 11.6 Å². The number of nitrogens with two attached hydrogens (primary N) is 1. The molecule has 23 heavy (non-hydrogen) atoms. The van der Waals surface area contributed by atoms with Gasteiger partial charge in [-0.25, -0.2) is 0 Å². The minimum atomic E-state index is -4.31. The second-order valence-electron chi connectivity index (χ2n) is 5.79. The molecule has 0 saturated heterocycles. The number of anilines is 1. The Morgan fingerprint density at radius 2 is 1.87 bits per heavy atom. The predicted molar refractivity (Wildman–Crippen MR) is 85.1 cm³/mol. The molecular formula is C17H16ClF3N2. The van der Waals surface area contributed by atoms with Gasteiger partial charge in [0.1, 0.15) is 0 Å². The number of alkyl halides is 3. The van der Waals surface area contributed by atoms with Crippen LogP contribution in [0, 0.1) is 0 Å². The SMILES string of the molecule is Nc1ccc(CN2CCc3ccc(C(F)(F)F)cc3C2)c(Cl)c1. The fraction of sp³-hybridized carbons (Fsp3) is 0.294. The molecule has 2 N–H and O–H groups in total. The summed E-state index contributed by atoms with van der Waals surface area (Å²) in [6.45, 7) is 1.87. The van der Waals surface area contributed by atoms with Crippen LogP contribution in [-0.2, 0) is 25.7 Å². The Kier molecular flexibility index (Phi) is 4.25. The van der Waals surface area contributed by atoms with Crippen LogP contribution in [0.1, 0.15) is 22.3 Å². The van der Waals surface area contributed by atoms with E-state index in [2.05, 4.69) is 4.90 Å². The zero-order valence-corrected chi connectivity index (χ0v) is 13.1. The number of nitrogens with zero attached hydrogens (tertiary/aromatic N) is 1. The van der Waals surface area contributed by atoms with Gasteiger partial charge >= 0.3 is 6.18 Å². The van der Waals surface area contributed by atoms with E-state index in [1.807, 2.05) is 6.07 Å². The Hall–Kier alpha value is -1.72. The van der Waals surface area contributed by atoms with Crippen molar-refractivity contribution in [1.29, 1.82) is 0 Å². The molecule has 1 aliphatic rings. The number of fused-ring (bicyclic) bond motifs is 1. The molecule has 2 nitrogen and oxygen atoms in total. The van der Waals surface area contributed by atoms with Crippen LogP contribution in [0.15, 0.2) is 36.4 Å². The second kappa shape index (κ2) is 6.06. The van der Waals surface area contributed by atoms with Crippen LogP contribution in [0.3, 0.4) is 0 Å². The van der Waals surface area contributed by atoms with Crippen molar-refractivity contribution in [3.8, 4) is 0 Å². The lowest BCUT2D eigenvalue weighted by molar-refractivity contribution is -0.137. The van der Waals surface area contributed by atoms with Crippen molar-refractivity contribution in [2.24, 2.45) is 0 Å². The van der Waals surface area contributed by atoms with Gasteiger partial charge in [0.2, 0.25) is 0 Å². The van der Waals surface area contributed by atoms with Gasteiger partial charge in [-0.1, -0.05) is 23.7 Å². The van der Waals surface area contributed by atoms with E-state index in [1.54, 1.807) is 18.2 Å². The Morgan fingerprint density at radius 1 is 1.09 bits per heavy atom. The zero-order chi connectivity index (χ0) is 16.6. The number of halogens is 4. The first kappa shape index (κ1) is 16.1. The van der Waals surface area contributed by atoms with Crippen LogP contribution in [0.4, 0.5) is 18.9 Å². The van der Waals surface area contributed by atoms with Gasteiger partial charge < -0.3 is 5.73 Å². The highest BCUT2D eigenvalue weighted by Gasteiger charge is 2.31. The highest BCUT2D eigenvalue weighted by atomic mass is 35.5. The molecule has 122 valence electrons. The quantitative estimate of drug-likeness (QED) is 0.816. The lowest BCUT2D eigenvalue weighted by atomic mass is 9.97. The van der Waals surface area contributed by atoms with E-state index < -0.39 is 11.7 Å². The molecule has 0 amide bonds. The van der Waals surface area contributed by atoms with Gasteiger partial charge in [-0.2, -0.15) is 13.2 Å². The molecule has 0 bridgehead atoms.